The second-order valence-electron chi connectivity index (χ2n) is 6.55. The molecule has 0 radical (unpaired) electrons. The van der Waals surface area contributed by atoms with E-state index in [9.17, 15) is 8.42 Å². The molecule has 1 spiro atoms. The van der Waals surface area contributed by atoms with Crippen LogP contribution in [0.5, 0.6) is 0 Å². The van der Waals surface area contributed by atoms with Crippen LogP contribution < -0.4 is 10.0 Å². The third-order valence-corrected chi connectivity index (χ3v) is 6.62. The van der Waals surface area contributed by atoms with Gasteiger partial charge in [-0.25, -0.2) is 8.42 Å². The van der Waals surface area contributed by atoms with E-state index in [0.717, 1.165) is 18.7 Å². The normalized spacial score (nSPS) is 25.5. The van der Waals surface area contributed by atoms with Crippen molar-refractivity contribution in [3.05, 3.63) is 24.3 Å². The van der Waals surface area contributed by atoms with Gasteiger partial charge in [-0.15, -0.1) is 0 Å². The van der Waals surface area contributed by atoms with Crippen LogP contribution in [0.2, 0.25) is 0 Å². The first-order chi connectivity index (χ1) is 11.0. The lowest BCUT2D eigenvalue weighted by Gasteiger charge is -2.61. The zero-order valence-corrected chi connectivity index (χ0v) is 14.7. The van der Waals surface area contributed by atoms with E-state index >= 15 is 0 Å². The lowest BCUT2D eigenvalue weighted by atomic mass is 9.51. The molecule has 2 aliphatic rings. The van der Waals surface area contributed by atoms with Crippen LogP contribution in [0.4, 0.5) is 11.4 Å². The average Bonchev–Trinajstić information content (AvgIpc) is 2.46. The third kappa shape index (κ3) is 3.19. The van der Waals surface area contributed by atoms with Crippen LogP contribution >= 0.6 is 0 Å². The Morgan fingerprint density at radius 2 is 1.83 bits per heavy atom. The van der Waals surface area contributed by atoms with Crippen molar-refractivity contribution in [1.82, 2.24) is 0 Å². The van der Waals surface area contributed by atoms with Crippen molar-refractivity contribution >= 4 is 21.4 Å². The van der Waals surface area contributed by atoms with Gasteiger partial charge in [0.15, 0.2) is 0 Å². The fourth-order valence-corrected chi connectivity index (χ4v) is 4.37. The highest BCUT2D eigenvalue weighted by atomic mass is 32.2. The number of sulfonamides is 1. The largest absolute Gasteiger partial charge is 0.382 e. The summed E-state index contributed by atoms with van der Waals surface area (Å²) in [5.41, 5.74) is 1.96. The van der Waals surface area contributed by atoms with Crippen LogP contribution in [-0.2, 0) is 14.8 Å². The van der Waals surface area contributed by atoms with Gasteiger partial charge in [0, 0.05) is 29.4 Å². The molecule has 23 heavy (non-hydrogen) atoms. The predicted molar refractivity (Wildman–Crippen MR) is 93.3 cm³/mol. The summed E-state index contributed by atoms with van der Waals surface area (Å²) in [6.45, 7) is 4.47. The minimum atomic E-state index is -3.22. The van der Waals surface area contributed by atoms with Crippen molar-refractivity contribution in [3.8, 4) is 0 Å². The van der Waals surface area contributed by atoms with Gasteiger partial charge in [0.2, 0.25) is 10.0 Å². The van der Waals surface area contributed by atoms with Gasteiger partial charge in [0.1, 0.15) is 0 Å². The fourth-order valence-electron chi connectivity index (χ4n) is 3.73. The Morgan fingerprint density at radius 3 is 2.35 bits per heavy atom. The number of rotatable bonds is 7. The van der Waals surface area contributed by atoms with E-state index in [4.69, 9.17) is 4.74 Å². The summed E-state index contributed by atoms with van der Waals surface area (Å²) in [6, 6.07) is 7.96. The quantitative estimate of drug-likeness (QED) is 0.801. The van der Waals surface area contributed by atoms with E-state index in [1.807, 2.05) is 24.3 Å². The molecule has 3 rings (SSSR count). The minimum Gasteiger partial charge on any atom is -0.382 e. The number of anilines is 2. The van der Waals surface area contributed by atoms with Gasteiger partial charge in [-0.1, -0.05) is 6.42 Å². The molecule has 0 aliphatic heterocycles. The van der Waals surface area contributed by atoms with Crippen molar-refractivity contribution in [3.63, 3.8) is 0 Å². The third-order valence-electron chi connectivity index (χ3n) is 5.32. The zero-order chi connectivity index (χ0) is 16.5. The molecule has 2 N–H and O–H groups in total. The standard InChI is InChI=1S/C17H26N2O3S/c1-3-22-16-12-15(17(16)10-5-11-17)18-13-6-8-14(9-7-13)19-23(20,21)4-2/h6-9,15-16,18-19H,3-5,10-12H2,1-2H3/t15-,16+/m0/s1. The molecule has 2 saturated carbocycles. The van der Waals surface area contributed by atoms with Crippen LogP contribution in [0.1, 0.15) is 39.5 Å². The van der Waals surface area contributed by atoms with Gasteiger partial charge >= 0.3 is 0 Å². The van der Waals surface area contributed by atoms with Crippen molar-refractivity contribution in [2.24, 2.45) is 5.41 Å². The molecule has 0 heterocycles. The maximum atomic E-state index is 11.6. The van der Waals surface area contributed by atoms with E-state index in [2.05, 4.69) is 17.0 Å². The molecule has 5 nitrogen and oxygen atoms in total. The smallest absolute Gasteiger partial charge is 0.232 e. The number of nitrogens with one attached hydrogen (secondary N) is 2. The number of hydrogen-bond acceptors (Lipinski definition) is 4. The molecule has 2 atom stereocenters. The minimum absolute atomic E-state index is 0.0798. The molecule has 128 valence electrons. The van der Waals surface area contributed by atoms with Crippen LogP contribution in [0.15, 0.2) is 24.3 Å². The fraction of sp³-hybridized carbons (Fsp3) is 0.647. The van der Waals surface area contributed by atoms with Gasteiger partial charge in [0.05, 0.1) is 11.9 Å². The predicted octanol–water partition coefficient (Wildman–Crippen LogP) is 3.21. The zero-order valence-electron chi connectivity index (χ0n) is 13.8. The molecule has 0 aromatic heterocycles. The molecule has 2 fully saturated rings. The van der Waals surface area contributed by atoms with Crippen molar-refractivity contribution in [2.45, 2.75) is 51.7 Å². The molecule has 0 saturated heterocycles. The first-order valence-electron chi connectivity index (χ1n) is 8.48. The monoisotopic (exact) mass is 338 g/mol. The summed E-state index contributed by atoms with van der Waals surface area (Å²) in [5.74, 6) is 0.0798. The average molecular weight is 338 g/mol. The van der Waals surface area contributed by atoms with Gasteiger partial charge in [-0.05, 0) is 57.4 Å². The van der Waals surface area contributed by atoms with Gasteiger partial charge in [0.25, 0.3) is 0 Å². The molecule has 1 aromatic rings. The maximum absolute atomic E-state index is 11.6. The molecular weight excluding hydrogens is 312 g/mol. The second-order valence-corrected chi connectivity index (χ2v) is 8.56. The Hall–Kier alpha value is -1.27. The van der Waals surface area contributed by atoms with Crippen molar-refractivity contribution in [1.29, 1.82) is 0 Å². The second kappa shape index (κ2) is 6.32. The first-order valence-corrected chi connectivity index (χ1v) is 10.1. The summed E-state index contributed by atoms with van der Waals surface area (Å²) in [5, 5.41) is 3.61. The molecule has 0 unspecified atom stereocenters. The van der Waals surface area contributed by atoms with Gasteiger partial charge in [-0.2, -0.15) is 0 Å². The molecule has 6 heteroatoms. The van der Waals surface area contributed by atoms with E-state index in [-0.39, 0.29) is 5.75 Å². The lowest BCUT2D eigenvalue weighted by Crippen LogP contribution is -2.64. The highest BCUT2D eigenvalue weighted by Gasteiger charge is 2.58. The molecular formula is C17H26N2O3S. The van der Waals surface area contributed by atoms with E-state index in [0.29, 0.717) is 23.2 Å². The summed E-state index contributed by atoms with van der Waals surface area (Å²) in [6.07, 6.45) is 5.22. The highest BCUT2D eigenvalue weighted by Crippen LogP contribution is 2.58. The molecule has 0 bridgehead atoms. The SMILES string of the molecule is CCO[C@@H]1C[C@H](Nc2ccc(NS(=O)(=O)CC)cc2)C12CCC2. The van der Waals surface area contributed by atoms with Crippen LogP contribution in [0.3, 0.4) is 0 Å². The van der Waals surface area contributed by atoms with Crippen LogP contribution in [0.25, 0.3) is 0 Å². The van der Waals surface area contributed by atoms with Gasteiger partial charge in [-0.3, -0.25) is 4.72 Å². The Labute approximate surface area is 138 Å². The van der Waals surface area contributed by atoms with E-state index < -0.39 is 10.0 Å². The Kier molecular flexibility index (Phi) is 4.56. The number of ether oxygens (including phenoxy) is 1. The molecule has 1 aromatic carbocycles. The van der Waals surface area contributed by atoms with Crippen LogP contribution in [-0.4, -0.2) is 32.9 Å². The number of hydrogen-bond donors (Lipinski definition) is 2. The van der Waals surface area contributed by atoms with E-state index in [1.165, 1.54) is 19.3 Å². The van der Waals surface area contributed by atoms with Gasteiger partial charge < -0.3 is 10.1 Å². The van der Waals surface area contributed by atoms with E-state index in [1.54, 1.807) is 6.92 Å². The summed E-state index contributed by atoms with van der Waals surface area (Å²) in [4.78, 5) is 0. The molecule has 2 aliphatic carbocycles. The Bertz CT molecular complexity index is 638. The summed E-state index contributed by atoms with van der Waals surface area (Å²) < 4.78 is 31.6. The van der Waals surface area contributed by atoms with Crippen molar-refractivity contribution < 1.29 is 13.2 Å². The summed E-state index contributed by atoms with van der Waals surface area (Å²) in [7, 11) is -3.22. The molecule has 0 amide bonds. The topological polar surface area (TPSA) is 67.4 Å². The highest BCUT2D eigenvalue weighted by molar-refractivity contribution is 7.92. The first kappa shape index (κ1) is 16.6. The summed E-state index contributed by atoms with van der Waals surface area (Å²) >= 11 is 0. The van der Waals surface area contributed by atoms with Crippen molar-refractivity contribution in [2.75, 3.05) is 22.4 Å². The number of benzene rings is 1. The lowest BCUT2D eigenvalue weighted by molar-refractivity contribution is -0.157. The maximum Gasteiger partial charge on any atom is 0.232 e. The van der Waals surface area contributed by atoms with Crippen LogP contribution in [0, 0.1) is 5.41 Å². The Balaban J connectivity index is 1.61. The Morgan fingerprint density at radius 1 is 1.17 bits per heavy atom.